The number of phosphoric acid groups is 3. The number of ether oxygens (including phenoxy) is 1. The number of amidine groups is 1. The van der Waals surface area contributed by atoms with Crippen molar-refractivity contribution in [3.8, 4) is 0 Å². The largest absolute Gasteiger partial charge is 0.490 e. The number of aliphatic imine (C=N–C) groups is 1. The predicted octanol–water partition coefficient (Wildman–Crippen LogP) is -1.45. The van der Waals surface area contributed by atoms with Crippen molar-refractivity contribution >= 4 is 51.4 Å². The summed E-state index contributed by atoms with van der Waals surface area (Å²) < 4.78 is 49.7. The number of alkyl halides is 1. The van der Waals surface area contributed by atoms with Gasteiger partial charge in [-0.3, -0.25) is 14.9 Å². The minimum absolute atomic E-state index is 0.305. The van der Waals surface area contributed by atoms with Gasteiger partial charge in [0, 0.05) is 6.21 Å². The minimum Gasteiger partial charge on any atom is -0.387 e. The molecule has 164 valence electrons. The molecule has 0 aromatic rings. The highest BCUT2D eigenvalue weighted by Gasteiger charge is 2.45. The zero-order chi connectivity index (χ0) is 21.9. The Hall–Kier alpha value is -0.0900. The summed E-state index contributed by atoms with van der Waals surface area (Å²) in [4.78, 5) is 38.1. The van der Waals surface area contributed by atoms with Crippen molar-refractivity contribution in [1.82, 2.24) is 0 Å². The maximum Gasteiger partial charge on any atom is 0.490 e. The third kappa shape index (κ3) is 8.73. The molecule has 9 N–H and O–H groups in total. The summed E-state index contributed by atoms with van der Waals surface area (Å²) in [6.07, 6.45) is -4.98. The Labute approximate surface area is 165 Å². The van der Waals surface area contributed by atoms with E-state index in [4.69, 9.17) is 30.6 Å². The van der Waals surface area contributed by atoms with Crippen molar-refractivity contribution in [1.29, 1.82) is 5.41 Å². The molecule has 0 spiro atoms. The molecule has 0 aromatic heterocycles. The molecule has 0 aromatic carbocycles. The van der Waals surface area contributed by atoms with E-state index in [1.807, 2.05) is 0 Å². The maximum atomic E-state index is 11.6. The Morgan fingerprint density at radius 2 is 1.75 bits per heavy atom. The molecular weight excluding hydrogens is 519 g/mol. The van der Waals surface area contributed by atoms with E-state index in [9.17, 15) is 28.8 Å². The number of nitrogens with one attached hydrogen (secondary N) is 1. The normalized spacial score (nSPS) is 31.4. The highest BCUT2D eigenvalue weighted by molar-refractivity contribution is 9.10. The van der Waals surface area contributed by atoms with E-state index in [1.165, 1.54) is 0 Å². The fourth-order valence-electron chi connectivity index (χ4n) is 1.70. The minimum atomic E-state index is -5.68. The second kappa shape index (κ2) is 9.81. The highest BCUT2D eigenvalue weighted by Crippen LogP contribution is 2.66. The van der Waals surface area contributed by atoms with Gasteiger partial charge >= 0.3 is 23.5 Å². The van der Waals surface area contributed by atoms with E-state index in [-0.39, 0.29) is 5.84 Å². The van der Waals surface area contributed by atoms with Gasteiger partial charge in [-0.1, -0.05) is 15.9 Å². The molecule has 0 radical (unpaired) electrons. The summed E-state index contributed by atoms with van der Waals surface area (Å²) in [5, 5.41) is 26.8. The number of nitrogens with zero attached hydrogens (tertiary/aromatic N) is 1. The summed E-state index contributed by atoms with van der Waals surface area (Å²) in [7, 11) is -16.6. The SMILES string of the molecule is N=C(N)C(Br)C=NC1OC(COP(=O)(O)OP(=O)(O)OP(=O)(O)O)C(O)C1O. The number of phosphoric ester groups is 1. The van der Waals surface area contributed by atoms with Crippen LogP contribution in [0, 0.1) is 5.41 Å². The van der Waals surface area contributed by atoms with Gasteiger partial charge in [0.25, 0.3) is 0 Å². The summed E-state index contributed by atoms with van der Waals surface area (Å²) in [6.45, 7) is -0.960. The van der Waals surface area contributed by atoms with Crippen molar-refractivity contribution in [2.45, 2.75) is 29.4 Å². The van der Waals surface area contributed by atoms with Crippen LogP contribution in [-0.4, -0.2) is 77.8 Å². The van der Waals surface area contributed by atoms with Gasteiger partial charge in [0.1, 0.15) is 29.0 Å². The Morgan fingerprint density at radius 3 is 2.25 bits per heavy atom. The molecule has 1 rings (SSSR count). The monoisotopic (exact) mass is 535 g/mol. The first kappa shape index (κ1) is 25.9. The first-order valence-electron chi connectivity index (χ1n) is 6.84. The Bertz CT molecular complexity index is 745. The summed E-state index contributed by atoms with van der Waals surface area (Å²) in [5.41, 5.74) is 5.19. The quantitative estimate of drug-likeness (QED) is 0.0687. The van der Waals surface area contributed by atoms with Gasteiger partial charge in [0.05, 0.1) is 6.61 Å². The fourth-order valence-corrected chi connectivity index (χ4v) is 4.87. The van der Waals surface area contributed by atoms with Gasteiger partial charge in [0.15, 0.2) is 6.23 Å². The van der Waals surface area contributed by atoms with E-state index < -0.39 is 59.4 Å². The van der Waals surface area contributed by atoms with Crippen molar-refractivity contribution in [3.63, 3.8) is 0 Å². The van der Waals surface area contributed by atoms with E-state index in [2.05, 4.69) is 34.1 Å². The third-order valence-electron chi connectivity index (χ3n) is 2.82. The second-order valence-electron chi connectivity index (χ2n) is 5.09. The summed E-state index contributed by atoms with van der Waals surface area (Å²) in [6, 6.07) is 0. The van der Waals surface area contributed by atoms with Crippen LogP contribution >= 0.6 is 39.4 Å². The van der Waals surface area contributed by atoms with E-state index in [1.54, 1.807) is 0 Å². The molecular formula is C8H17BrN3O13P3. The first-order chi connectivity index (χ1) is 12.5. The number of rotatable bonds is 10. The van der Waals surface area contributed by atoms with E-state index >= 15 is 0 Å². The molecule has 0 aliphatic carbocycles. The predicted molar refractivity (Wildman–Crippen MR) is 93.6 cm³/mol. The molecule has 0 amide bonds. The fraction of sp³-hybridized carbons (Fsp3) is 0.750. The molecule has 1 aliphatic rings. The van der Waals surface area contributed by atoms with Crippen LogP contribution in [0.3, 0.4) is 0 Å². The molecule has 1 aliphatic heterocycles. The first-order valence-corrected chi connectivity index (χ1v) is 12.3. The molecule has 20 heteroatoms. The molecule has 0 bridgehead atoms. The van der Waals surface area contributed by atoms with Crippen molar-refractivity contribution in [2.24, 2.45) is 10.7 Å². The standard InChI is InChI=1S/C8H17BrN3O13P3/c9-3(7(10)11)1-12-8-6(14)5(13)4(23-8)2-22-27(18,19)25-28(20,21)24-26(15,16)17/h1,3-6,8,13-14H,2H2,(H3,10,11)(H,18,19)(H,20,21)(H2,15,16,17). The van der Waals surface area contributed by atoms with Gasteiger partial charge in [0.2, 0.25) is 0 Å². The smallest absolute Gasteiger partial charge is 0.387 e. The van der Waals surface area contributed by atoms with Crippen LogP contribution in [0.15, 0.2) is 4.99 Å². The third-order valence-corrected chi connectivity index (χ3v) is 7.35. The lowest BCUT2D eigenvalue weighted by molar-refractivity contribution is -0.0188. The van der Waals surface area contributed by atoms with Crippen molar-refractivity contribution < 1.29 is 61.4 Å². The van der Waals surface area contributed by atoms with Crippen LogP contribution in [0.1, 0.15) is 0 Å². The lowest BCUT2D eigenvalue weighted by Gasteiger charge is -2.18. The lowest BCUT2D eigenvalue weighted by Crippen LogP contribution is -2.34. The van der Waals surface area contributed by atoms with Gasteiger partial charge < -0.3 is 40.3 Å². The Balaban J connectivity index is 2.68. The van der Waals surface area contributed by atoms with Crippen LogP contribution in [0.25, 0.3) is 0 Å². The van der Waals surface area contributed by atoms with Crippen LogP contribution < -0.4 is 5.73 Å². The number of hydrogen-bond donors (Lipinski definition) is 8. The van der Waals surface area contributed by atoms with Crippen LogP contribution in [0.2, 0.25) is 0 Å². The maximum absolute atomic E-state index is 11.6. The average molecular weight is 536 g/mol. The molecule has 0 saturated carbocycles. The van der Waals surface area contributed by atoms with E-state index in [0.29, 0.717) is 0 Å². The highest BCUT2D eigenvalue weighted by atomic mass is 79.9. The number of hydrogen-bond acceptors (Lipinski definition) is 11. The van der Waals surface area contributed by atoms with E-state index in [0.717, 1.165) is 6.21 Å². The molecule has 1 heterocycles. The molecule has 1 fully saturated rings. The molecule has 16 nitrogen and oxygen atoms in total. The average Bonchev–Trinajstić information content (AvgIpc) is 2.74. The molecule has 7 unspecified atom stereocenters. The van der Waals surface area contributed by atoms with Crippen molar-refractivity contribution in [3.05, 3.63) is 0 Å². The number of aliphatic hydroxyl groups excluding tert-OH is 2. The van der Waals surface area contributed by atoms with Gasteiger partial charge in [-0.2, -0.15) is 8.62 Å². The molecule has 1 saturated heterocycles. The van der Waals surface area contributed by atoms with Crippen LogP contribution in [-0.2, 0) is 31.6 Å². The van der Waals surface area contributed by atoms with Gasteiger partial charge in [-0.15, -0.1) is 0 Å². The molecule has 7 atom stereocenters. The number of halogens is 1. The summed E-state index contributed by atoms with van der Waals surface area (Å²) in [5.74, 6) is -0.305. The topological polar surface area (TPSA) is 272 Å². The number of nitrogens with two attached hydrogens (primary N) is 1. The number of aliphatic hydroxyl groups is 2. The summed E-state index contributed by atoms with van der Waals surface area (Å²) >= 11 is 2.98. The van der Waals surface area contributed by atoms with Crippen molar-refractivity contribution in [2.75, 3.05) is 6.61 Å². The Morgan fingerprint density at radius 1 is 1.18 bits per heavy atom. The van der Waals surface area contributed by atoms with Gasteiger partial charge in [-0.05, 0) is 0 Å². The molecule has 28 heavy (non-hydrogen) atoms. The van der Waals surface area contributed by atoms with Crippen LogP contribution in [0.5, 0.6) is 0 Å². The lowest BCUT2D eigenvalue weighted by atomic mass is 10.1. The zero-order valence-corrected chi connectivity index (χ0v) is 17.7. The Kier molecular flexibility index (Phi) is 9.09. The second-order valence-corrected chi connectivity index (χ2v) is 10.5. The van der Waals surface area contributed by atoms with Gasteiger partial charge in [-0.25, -0.2) is 13.7 Å². The zero-order valence-electron chi connectivity index (χ0n) is 13.5. The van der Waals surface area contributed by atoms with Crippen LogP contribution in [0.4, 0.5) is 0 Å².